The van der Waals surface area contributed by atoms with Gasteiger partial charge in [-0.1, -0.05) is 80.4 Å². The van der Waals surface area contributed by atoms with Crippen molar-refractivity contribution in [1.82, 2.24) is 31.6 Å². The molecule has 0 radical (unpaired) electrons. The smallest absolute Gasteiger partial charge is 0.243 e. The van der Waals surface area contributed by atoms with E-state index in [2.05, 4.69) is 31.6 Å². The number of carbonyl (C=O) groups is 4. The lowest BCUT2D eigenvalue weighted by molar-refractivity contribution is -0.134. The van der Waals surface area contributed by atoms with E-state index in [1.165, 1.54) is 0 Å². The minimum atomic E-state index is -1.01. The van der Waals surface area contributed by atoms with Crippen LogP contribution in [0.5, 0.6) is 0 Å². The Labute approximate surface area is 287 Å². The number of carbonyl (C=O) groups excluding carboxylic acids is 4. The highest BCUT2D eigenvalue weighted by molar-refractivity contribution is 5.95. The fraction of sp³-hybridized carbons (Fsp3) is 0.389. The van der Waals surface area contributed by atoms with Crippen molar-refractivity contribution in [2.45, 2.75) is 82.6 Å². The summed E-state index contributed by atoms with van der Waals surface area (Å²) in [6.45, 7) is 2.55. The predicted octanol–water partition coefficient (Wildman–Crippen LogP) is 1.42. The van der Waals surface area contributed by atoms with Crippen LogP contribution in [-0.2, 0) is 38.6 Å². The fourth-order valence-corrected chi connectivity index (χ4v) is 5.13. The van der Waals surface area contributed by atoms with Gasteiger partial charge in [0.1, 0.15) is 18.1 Å². The zero-order chi connectivity index (χ0) is 35.4. The first-order valence-electron chi connectivity index (χ1n) is 16.6. The number of hydrogen-bond donors (Lipinski definition) is 8. The van der Waals surface area contributed by atoms with Gasteiger partial charge in [-0.2, -0.15) is 0 Å². The Morgan fingerprint density at radius 2 is 1.20 bits per heavy atom. The molecule has 4 amide bonds. The molecule has 0 bridgehead atoms. The largest absolute Gasteiger partial charge is 0.370 e. The van der Waals surface area contributed by atoms with Crippen molar-refractivity contribution in [3.05, 3.63) is 102 Å². The Hall–Kier alpha value is -5.30. The van der Waals surface area contributed by atoms with Gasteiger partial charge in [-0.3, -0.25) is 29.6 Å². The molecule has 2 aromatic carbocycles. The van der Waals surface area contributed by atoms with E-state index in [-0.39, 0.29) is 25.3 Å². The first-order valence-corrected chi connectivity index (χ1v) is 16.6. The second-order valence-corrected chi connectivity index (χ2v) is 11.9. The second kappa shape index (κ2) is 20.8. The maximum atomic E-state index is 13.8. The fourth-order valence-electron chi connectivity index (χ4n) is 5.13. The first kappa shape index (κ1) is 38.2. The summed E-state index contributed by atoms with van der Waals surface area (Å²) in [5.41, 5.74) is 14.2. The summed E-state index contributed by atoms with van der Waals surface area (Å²) < 4.78 is 0. The molecule has 1 unspecified atom stereocenters. The Morgan fingerprint density at radius 1 is 0.673 bits per heavy atom. The van der Waals surface area contributed by atoms with E-state index in [1.54, 1.807) is 24.5 Å². The van der Waals surface area contributed by atoms with E-state index >= 15 is 0 Å². The number of pyridine rings is 1. The van der Waals surface area contributed by atoms with Gasteiger partial charge in [0.25, 0.3) is 0 Å². The lowest BCUT2D eigenvalue weighted by Crippen LogP contribution is -2.58. The van der Waals surface area contributed by atoms with Crippen molar-refractivity contribution >= 4 is 29.6 Å². The van der Waals surface area contributed by atoms with Crippen LogP contribution < -0.4 is 38.1 Å². The molecule has 0 spiro atoms. The highest BCUT2D eigenvalue weighted by Crippen LogP contribution is 2.09. The minimum absolute atomic E-state index is 0.182. The summed E-state index contributed by atoms with van der Waals surface area (Å²) in [4.78, 5) is 58.1. The van der Waals surface area contributed by atoms with Gasteiger partial charge in [0.15, 0.2) is 5.96 Å². The average Bonchev–Trinajstić information content (AvgIpc) is 3.10. The summed E-state index contributed by atoms with van der Waals surface area (Å²) in [6.07, 6.45) is 6.15. The van der Waals surface area contributed by atoms with Gasteiger partial charge >= 0.3 is 0 Å². The number of rotatable bonds is 20. The molecule has 0 saturated carbocycles. The van der Waals surface area contributed by atoms with Gasteiger partial charge in [0.2, 0.25) is 23.6 Å². The quantitative estimate of drug-likeness (QED) is 0.0498. The molecule has 49 heavy (non-hydrogen) atoms. The molecule has 1 aromatic heterocycles. The van der Waals surface area contributed by atoms with Crippen LogP contribution in [0.1, 0.15) is 55.7 Å². The molecule has 262 valence electrons. The molecule has 10 N–H and O–H groups in total. The van der Waals surface area contributed by atoms with Crippen LogP contribution in [0.4, 0.5) is 0 Å². The lowest BCUT2D eigenvalue weighted by Gasteiger charge is -2.26. The summed E-state index contributed by atoms with van der Waals surface area (Å²) in [5, 5.41) is 21.4. The van der Waals surface area contributed by atoms with E-state index in [9.17, 15) is 19.2 Å². The van der Waals surface area contributed by atoms with Crippen LogP contribution in [0.2, 0.25) is 0 Å². The Kier molecular flexibility index (Phi) is 16.2. The molecule has 0 saturated heterocycles. The van der Waals surface area contributed by atoms with E-state index in [4.69, 9.17) is 16.9 Å². The van der Waals surface area contributed by atoms with E-state index in [1.807, 2.05) is 67.6 Å². The van der Waals surface area contributed by atoms with Gasteiger partial charge in [-0.15, -0.1) is 0 Å². The van der Waals surface area contributed by atoms with Crippen molar-refractivity contribution in [2.24, 2.45) is 11.5 Å². The average molecular weight is 672 g/mol. The van der Waals surface area contributed by atoms with Gasteiger partial charge in [0.05, 0.1) is 6.04 Å². The van der Waals surface area contributed by atoms with Crippen LogP contribution in [0.25, 0.3) is 0 Å². The Bertz CT molecular complexity index is 1480. The van der Waals surface area contributed by atoms with E-state index in [0.29, 0.717) is 32.2 Å². The SMILES string of the molecule is CCCC[C@@H](NC(=O)C(Cc1ccccc1)NC(=O)[C@H](N)Cc1ccccc1)C(=O)N[C@H](CCCNC(=N)N)C(=O)NCc1ccncc1. The third-order valence-corrected chi connectivity index (χ3v) is 7.86. The molecular weight excluding hydrogens is 622 g/mol. The number of nitrogens with two attached hydrogens (primary N) is 2. The molecule has 3 rings (SSSR count). The van der Waals surface area contributed by atoms with Crippen molar-refractivity contribution in [3.8, 4) is 0 Å². The normalized spacial score (nSPS) is 13.2. The zero-order valence-corrected chi connectivity index (χ0v) is 28.0. The molecule has 0 aliphatic carbocycles. The van der Waals surface area contributed by atoms with Crippen LogP contribution >= 0.6 is 0 Å². The van der Waals surface area contributed by atoms with Gasteiger partial charge in [-0.05, 0) is 54.5 Å². The molecular formula is C36H49N9O4. The van der Waals surface area contributed by atoms with Crippen molar-refractivity contribution in [1.29, 1.82) is 5.41 Å². The van der Waals surface area contributed by atoms with Crippen LogP contribution in [0, 0.1) is 5.41 Å². The monoisotopic (exact) mass is 671 g/mol. The van der Waals surface area contributed by atoms with E-state index < -0.39 is 47.8 Å². The molecule has 0 fully saturated rings. The van der Waals surface area contributed by atoms with Crippen LogP contribution in [0.15, 0.2) is 85.2 Å². The Balaban J connectivity index is 1.74. The van der Waals surface area contributed by atoms with Crippen molar-refractivity contribution in [2.75, 3.05) is 6.54 Å². The lowest BCUT2D eigenvalue weighted by atomic mass is 10.0. The number of nitrogens with one attached hydrogen (secondary N) is 6. The minimum Gasteiger partial charge on any atom is -0.370 e. The van der Waals surface area contributed by atoms with Gasteiger partial charge in [0, 0.05) is 31.9 Å². The first-order chi connectivity index (χ1) is 23.7. The molecule has 13 heteroatoms. The van der Waals surface area contributed by atoms with Crippen LogP contribution in [0.3, 0.4) is 0 Å². The molecule has 4 atom stereocenters. The molecule has 3 aromatic rings. The third-order valence-electron chi connectivity index (χ3n) is 7.86. The molecule has 0 aliphatic rings. The summed E-state index contributed by atoms with van der Waals surface area (Å²) >= 11 is 0. The van der Waals surface area contributed by atoms with Gasteiger partial charge < -0.3 is 38.1 Å². The summed E-state index contributed by atoms with van der Waals surface area (Å²) in [6, 6.07) is 18.4. The van der Waals surface area contributed by atoms with E-state index in [0.717, 1.165) is 23.1 Å². The molecule has 1 heterocycles. The number of aromatic nitrogens is 1. The number of unbranched alkanes of at least 4 members (excludes halogenated alkanes) is 1. The van der Waals surface area contributed by atoms with Crippen molar-refractivity contribution in [3.63, 3.8) is 0 Å². The maximum Gasteiger partial charge on any atom is 0.243 e. The third kappa shape index (κ3) is 14.2. The number of guanidine groups is 1. The number of nitrogens with zero attached hydrogens (tertiary/aromatic N) is 1. The number of benzene rings is 2. The number of amides is 4. The van der Waals surface area contributed by atoms with Crippen molar-refractivity contribution < 1.29 is 19.2 Å². The number of hydrogen-bond acceptors (Lipinski definition) is 7. The standard InChI is InChI=1S/C36H49N9O4/c1-2-3-15-30(34(48)43-29(16-10-19-41-36(38)39)33(47)42-24-27-17-20-40-21-18-27)44-35(49)31(23-26-13-8-5-9-14-26)45-32(46)28(37)22-25-11-6-4-7-12-25/h4-9,11-14,17-18,20-21,28-31H,2-3,10,15-16,19,22-24,37H2,1H3,(H,42,47)(H,43,48)(H,44,49)(H,45,46)(H4,38,39,41)/t28-,29-,30-,31?/m1/s1. The Morgan fingerprint density at radius 3 is 1.80 bits per heavy atom. The summed E-state index contributed by atoms with van der Waals surface area (Å²) in [5.74, 6) is -2.13. The van der Waals surface area contributed by atoms with Crippen LogP contribution in [-0.4, -0.2) is 65.3 Å². The maximum absolute atomic E-state index is 13.8. The summed E-state index contributed by atoms with van der Waals surface area (Å²) in [7, 11) is 0. The molecule has 13 nitrogen and oxygen atoms in total. The predicted molar refractivity (Wildman–Crippen MR) is 189 cm³/mol. The molecule has 0 aliphatic heterocycles. The zero-order valence-electron chi connectivity index (χ0n) is 28.0. The van der Waals surface area contributed by atoms with Gasteiger partial charge in [-0.25, -0.2) is 0 Å². The second-order valence-electron chi connectivity index (χ2n) is 11.9. The topological polar surface area (TPSA) is 217 Å². The highest BCUT2D eigenvalue weighted by Gasteiger charge is 2.30. The highest BCUT2D eigenvalue weighted by atomic mass is 16.2.